The topological polar surface area (TPSA) is 72.9 Å². The summed E-state index contributed by atoms with van der Waals surface area (Å²) in [5, 5.41) is 0.499. The quantitative estimate of drug-likeness (QED) is 0.781. The molecule has 2 amide bonds. The van der Waals surface area contributed by atoms with Gasteiger partial charge in [0.1, 0.15) is 0 Å². The van der Waals surface area contributed by atoms with E-state index in [0.29, 0.717) is 5.06 Å². The molecule has 0 aromatic heterocycles. The van der Waals surface area contributed by atoms with E-state index in [1.165, 1.54) is 19.2 Å². The Morgan fingerprint density at radius 1 is 1.15 bits per heavy atom. The van der Waals surface area contributed by atoms with Crippen molar-refractivity contribution in [1.29, 1.82) is 0 Å². The van der Waals surface area contributed by atoms with Crippen LogP contribution in [0.1, 0.15) is 41.0 Å². The predicted molar refractivity (Wildman–Crippen MR) is 68.7 cm³/mol. The van der Waals surface area contributed by atoms with Gasteiger partial charge in [0.25, 0.3) is 11.8 Å². The van der Waals surface area contributed by atoms with E-state index in [2.05, 4.69) is 0 Å². The summed E-state index contributed by atoms with van der Waals surface area (Å²) in [6, 6.07) is 6.32. The van der Waals surface area contributed by atoms with Crippen LogP contribution in [0.15, 0.2) is 24.3 Å². The smallest absolute Gasteiger partial charge is 0.336 e. The first-order chi connectivity index (χ1) is 9.35. The minimum atomic E-state index is -0.726. The molecule has 1 aliphatic rings. The first-order valence-electron chi connectivity index (χ1n) is 6.09. The fourth-order valence-electron chi connectivity index (χ4n) is 1.80. The van der Waals surface area contributed by atoms with Gasteiger partial charge >= 0.3 is 5.97 Å². The van der Waals surface area contributed by atoms with Crippen molar-refractivity contribution < 1.29 is 24.0 Å². The van der Waals surface area contributed by atoms with Gasteiger partial charge in [-0.1, -0.05) is 17.2 Å². The van der Waals surface area contributed by atoms with Crippen LogP contribution in [0.3, 0.4) is 0 Å². The minimum absolute atomic E-state index is 0.0725. The zero-order valence-corrected chi connectivity index (χ0v) is 11.5. The number of methoxy groups -OCH3 is 1. The molecular weight excluding hydrogens is 262 g/mol. The molecule has 0 saturated carbocycles. The Hall–Kier alpha value is -2.21. The molecule has 0 atom stereocenters. The van der Waals surface area contributed by atoms with Gasteiger partial charge in [0.15, 0.2) is 0 Å². The molecule has 0 bridgehead atoms. The van der Waals surface area contributed by atoms with Crippen molar-refractivity contribution in [3.8, 4) is 0 Å². The number of carbonyl (C=O) groups excluding carboxylic acids is 3. The van der Waals surface area contributed by atoms with Gasteiger partial charge in [-0.15, -0.1) is 0 Å². The van der Waals surface area contributed by atoms with E-state index in [4.69, 9.17) is 9.57 Å². The molecule has 106 valence electrons. The molecule has 1 heterocycles. The lowest BCUT2D eigenvalue weighted by Crippen LogP contribution is -2.36. The molecule has 6 heteroatoms. The third-order valence-electron chi connectivity index (χ3n) is 3.07. The van der Waals surface area contributed by atoms with Crippen LogP contribution in [-0.2, 0) is 14.4 Å². The number of nitrogens with zero attached hydrogens (tertiary/aromatic N) is 1. The van der Waals surface area contributed by atoms with Crippen molar-refractivity contribution >= 4 is 17.8 Å². The summed E-state index contributed by atoms with van der Waals surface area (Å²) in [5.74, 6) is -1.96. The Morgan fingerprint density at radius 3 is 2.10 bits per heavy atom. The molecule has 0 N–H and O–H groups in total. The lowest BCUT2D eigenvalue weighted by molar-refractivity contribution is -0.173. The van der Waals surface area contributed by atoms with Crippen molar-refractivity contribution in [2.75, 3.05) is 7.11 Å². The average Bonchev–Trinajstić information content (AvgIpc) is 2.64. The van der Waals surface area contributed by atoms with Gasteiger partial charge in [-0.25, -0.2) is 4.79 Å². The lowest BCUT2D eigenvalue weighted by atomic mass is 10.1. The second-order valence-electron chi connectivity index (χ2n) is 5.05. The number of hydroxylamine groups is 2. The highest BCUT2D eigenvalue weighted by molar-refractivity contribution is 6.20. The zero-order valence-electron chi connectivity index (χ0n) is 11.5. The number of benzene rings is 1. The molecule has 20 heavy (non-hydrogen) atoms. The molecule has 0 unspecified atom stereocenters. The van der Waals surface area contributed by atoms with E-state index in [1.807, 2.05) is 0 Å². The van der Waals surface area contributed by atoms with Gasteiger partial charge in [-0.3, -0.25) is 9.59 Å². The number of carbonyl (C=O) groups is 3. The van der Waals surface area contributed by atoms with Crippen LogP contribution in [0, 0.1) is 0 Å². The van der Waals surface area contributed by atoms with E-state index in [9.17, 15) is 14.4 Å². The standard InChI is InChI=1S/C14H15NO5/c1-14(2,19-3)8-11(16)20-15-12(17)9-6-4-5-7-10(9)13(15)18/h4-7H,8H2,1-3H3. The van der Waals surface area contributed by atoms with Gasteiger partial charge < -0.3 is 9.57 Å². The van der Waals surface area contributed by atoms with Gasteiger partial charge in [0.2, 0.25) is 0 Å². The molecule has 1 aromatic rings. The molecule has 1 aliphatic heterocycles. The Morgan fingerprint density at radius 2 is 1.65 bits per heavy atom. The highest BCUT2D eigenvalue weighted by Gasteiger charge is 2.39. The summed E-state index contributed by atoms with van der Waals surface area (Å²) >= 11 is 0. The predicted octanol–water partition coefficient (Wildman–Crippen LogP) is 1.56. The summed E-state index contributed by atoms with van der Waals surface area (Å²) in [5.41, 5.74) is -0.261. The molecule has 0 spiro atoms. The van der Waals surface area contributed by atoms with Crippen molar-refractivity contribution in [2.45, 2.75) is 25.9 Å². The van der Waals surface area contributed by atoms with Crippen LogP contribution in [-0.4, -0.2) is 35.6 Å². The summed E-state index contributed by atoms with van der Waals surface area (Å²) in [6.07, 6.45) is -0.0725. The fraction of sp³-hybridized carbons (Fsp3) is 0.357. The molecule has 0 aliphatic carbocycles. The molecule has 6 nitrogen and oxygen atoms in total. The van der Waals surface area contributed by atoms with Gasteiger partial charge in [-0.2, -0.15) is 0 Å². The summed E-state index contributed by atoms with van der Waals surface area (Å²) in [6.45, 7) is 3.41. The third kappa shape index (κ3) is 2.55. The average molecular weight is 277 g/mol. The van der Waals surface area contributed by atoms with Crippen molar-refractivity contribution in [3.63, 3.8) is 0 Å². The van der Waals surface area contributed by atoms with Crippen LogP contribution >= 0.6 is 0 Å². The van der Waals surface area contributed by atoms with Crippen LogP contribution < -0.4 is 0 Å². The number of imide groups is 1. The lowest BCUT2D eigenvalue weighted by Gasteiger charge is -2.22. The number of ether oxygens (including phenoxy) is 1. The maximum Gasteiger partial charge on any atom is 0.336 e. The van der Waals surface area contributed by atoms with E-state index >= 15 is 0 Å². The SMILES string of the molecule is COC(C)(C)CC(=O)ON1C(=O)c2ccccc2C1=O. The van der Waals surface area contributed by atoms with Crippen LogP contribution in [0.5, 0.6) is 0 Å². The Balaban J connectivity index is 2.11. The number of fused-ring (bicyclic) bond motifs is 1. The van der Waals surface area contributed by atoms with Gasteiger partial charge in [-0.05, 0) is 26.0 Å². The largest absolute Gasteiger partial charge is 0.378 e. The van der Waals surface area contributed by atoms with Crippen molar-refractivity contribution in [3.05, 3.63) is 35.4 Å². The number of hydrogen-bond acceptors (Lipinski definition) is 5. The molecule has 0 fully saturated rings. The van der Waals surface area contributed by atoms with Crippen LogP contribution in [0.2, 0.25) is 0 Å². The number of hydrogen-bond donors (Lipinski definition) is 0. The van der Waals surface area contributed by atoms with Crippen LogP contribution in [0.25, 0.3) is 0 Å². The van der Waals surface area contributed by atoms with Crippen molar-refractivity contribution in [2.24, 2.45) is 0 Å². The normalized spacial score (nSPS) is 14.4. The second-order valence-corrected chi connectivity index (χ2v) is 5.05. The van der Waals surface area contributed by atoms with Gasteiger partial charge in [0.05, 0.1) is 23.1 Å². The number of amides is 2. The zero-order chi connectivity index (χ0) is 14.9. The summed E-state index contributed by atoms with van der Waals surface area (Å²) in [7, 11) is 1.47. The highest BCUT2D eigenvalue weighted by atomic mass is 16.7. The monoisotopic (exact) mass is 277 g/mol. The first kappa shape index (κ1) is 14.2. The number of rotatable bonds is 4. The van der Waals surface area contributed by atoms with E-state index in [0.717, 1.165) is 0 Å². The molecule has 0 saturated heterocycles. The fourth-order valence-corrected chi connectivity index (χ4v) is 1.80. The molecule has 2 rings (SSSR count). The molecule has 0 radical (unpaired) electrons. The van der Waals surface area contributed by atoms with Gasteiger partial charge in [0, 0.05) is 7.11 Å². The van der Waals surface area contributed by atoms with E-state index < -0.39 is 23.4 Å². The molecule has 1 aromatic carbocycles. The highest BCUT2D eigenvalue weighted by Crippen LogP contribution is 2.23. The third-order valence-corrected chi connectivity index (χ3v) is 3.07. The Kier molecular flexibility index (Phi) is 3.59. The Bertz CT molecular complexity index is 544. The van der Waals surface area contributed by atoms with Crippen molar-refractivity contribution in [1.82, 2.24) is 5.06 Å². The summed E-state index contributed by atoms with van der Waals surface area (Å²) < 4.78 is 5.10. The first-order valence-corrected chi connectivity index (χ1v) is 6.09. The second kappa shape index (κ2) is 5.05. The molecular formula is C14H15NO5. The maximum absolute atomic E-state index is 12.0. The Labute approximate surface area is 116 Å². The van der Waals surface area contributed by atoms with Crippen LogP contribution in [0.4, 0.5) is 0 Å². The maximum atomic E-state index is 12.0. The van der Waals surface area contributed by atoms with E-state index in [1.54, 1.807) is 26.0 Å². The summed E-state index contributed by atoms with van der Waals surface area (Å²) in [4.78, 5) is 40.6. The van der Waals surface area contributed by atoms with E-state index in [-0.39, 0.29) is 17.5 Å². The minimum Gasteiger partial charge on any atom is -0.378 e.